The topological polar surface area (TPSA) is 16.1 Å². The summed E-state index contributed by atoms with van der Waals surface area (Å²) in [6.45, 7) is 0. The van der Waals surface area contributed by atoms with Gasteiger partial charge in [0.25, 0.3) is 0 Å². The maximum absolute atomic E-state index is 6.10. The molecule has 1 saturated carbocycles. The number of aromatic nitrogens is 1. The molecule has 100 valence electrons. The van der Waals surface area contributed by atoms with E-state index in [4.69, 9.17) is 16.6 Å². The number of nitrogens with zero attached hydrogens (tertiary/aromatic N) is 2. The first-order valence-corrected chi connectivity index (χ1v) is 7.50. The van der Waals surface area contributed by atoms with Gasteiger partial charge in [-0.15, -0.1) is 11.6 Å². The molecule has 0 amide bonds. The Bertz CT molecular complexity index is 576. The number of hydrogen-bond acceptors (Lipinski definition) is 2. The van der Waals surface area contributed by atoms with E-state index in [-0.39, 0.29) is 0 Å². The molecule has 0 atom stereocenters. The molecule has 1 aromatic heterocycles. The van der Waals surface area contributed by atoms with Crippen LogP contribution in [0.4, 0.5) is 5.82 Å². The van der Waals surface area contributed by atoms with Gasteiger partial charge in [0.1, 0.15) is 5.82 Å². The van der Waals surface area contributed by atoms with Crippen LogP contribution in [0.3, 0.4) is 0 Å². The highest BCUT2D eigenvalue weighted by atomic mass is 35.5. The lowest BCUT2D eigenvalue weighted by atomic mass is 10.1. The fraction of sp³-hybridized carbons (Fsp3) is 0.438. The number of benzene rings is 1. The standard InChI is InChI=1S/C16H19ClN2/c1-19(13-6-2-3-7-13)16-10-12(11-17)14-8-4-5-9-15(14)18-16/h4-5,8-10,13H,2-3,6-7,11H2,1H3. The van der Waals surface area contributed by atoms with Crippen molar-refractivity contribution in [3.8, 4) is 0 Å². The van der Waals surface area contributed by atoms with Gasteiger partial charge in [0.2, 0.25) is 0 Å². The van der Waals surface area contributed by atoms with Gasteiger partial charge in [0.05, 0.1) is 5.52 Å². The van der Waals surface area contributed by atoms with Crippen LogP contribution in [0.25, 0.3) is 10.9 Å². The SMILES string of the molecule is CN(c1cc(CCl)c2ccccc2n1)C1CCCC1. The minimum atomic E-state index is 0.536. The second-order valence-electron chi connectivity index (χ2n) is 5.34. The van der Waals surface area contributed by atoms with E-state index >= 15 is 0 Å². The summed E-state index contributed by atoms with van der Waals surface area (Å²) in [4.78, 5) is 7.12. The molecule has 0 bridgehead atoms. The van der Waals surface area contributed by atoms with Gasteiger partial charge >= 0.3 is 0 Å². The number of alkyl halides is 1. The molecule has 1 aliphatic rings. The molecule has 3 heteroatoms. The maximum atomic E-state index is 6.10. The van der Waals surface area contributed by atoms with Gasteiger partial charge in [-0.3, -0.25) is 0 Å². The second-order valence-corrected chi connectivity index (χ2v) is 5.61. The van der Waals surface area contributed by atoms with E-state index in [0.717, 1.165) is 11.3 Å². The lowest BCUT2D eigenvalue weighted by Crippen LogP contribution is -2.29. The molecular formula is C16H19ClN2. The number of rotatable bonds is 3. The number of fused-ring (bicyclic) bond motifs is 1. The third kappa shape index (κ3) is 2.42. The van der Waals surface area contributed by atoms with Crippen molar-refractivity contribution < 1.29 is 0 Å². The molecule has 2 nitrogen and oxygen atoms in total. The monoisotopic (exact) mass is 274 g/mol. The largest absolute Gasteiger partial charge is 0.357 e. The third-order valence-corrected chi connectivity index (χ3v) is 4.45. The van der Waals surface area contributed by atoms with Crippen LogP contribution in [-0.2, 0) is 5.88 Å². The Morgan fingerprint density at radius 2 is 2.00 bits per heavy atom. The number of hydrogen-bond donors (Lipinski definition) is 0. The Morgan fingerprint density at radius 1 is 1.26 bits per heavy atom. The smallest absolute Gasteiger partial charge is 0.129 e. The summed E-state index contributed by atoms with van der Waals surface area (Å²) in [5.41, 5.74) is 2.22. The minimum absolute atomic E-state index is 0.536. The molecule has 0 saturated heterocycles. The van der Waals surface area contributed by atoms with E-state index in [1.54, 1.807) is 0 Å². The molecule has 0 aliphatic heterocycles. The number of pyridine rings is 1. The van der Waals surface area contributed by atoms with E-state index in [9.17, 15) is 0 Å². The summed E-state index contributed by atoms with van der Waals surface area (Å²) in [5.74, 6) is 1.59. The molecule has 0 spiro atoms. The Balaban J connectivity index is 2.03. The first-order chi connectivity index (χ1) is 9.29. The summed E-state index contributed by atoms with van der Waals surface area (Å²) < 4.78 is 0. The molecule has 3 rings (SSSR count). The average molecular weight is 275 g/mol. The lowest BCUT2D eigenvalue weighted by Gasteiger charge is -2.26. The highest BCUT2D eigenvalue weighted by Crippen LogP contribution is 2.29. The van der Waals surface area contributed by atoms with Gasteiger partial charge in [-0.1, -0.05) is 31.0 Å². The Labute approximate surface area is 119 Å². The molecule has 0 N–H and O–H groups in total. The number of para-hydroxylation sites is 1. The van der Waals surface area contributed by atoms with Crippen LogP contribution >= 0.6 is 11.6 Å². The van der Waals surface area contributed by atoms with Crippen LogP contribution in [0.1, 0.15) is 31.2 Å². The van der Waals surface area contributed by atoms with Gasteiger partial charge in [-0.2, -0.15) is 0 Å². The highest BCUT2D eigenvalue weighted by molar-refractivity contribution is 6.18. The van der Waals surface area contributed by atoms with Crippen molar-refractivity contribution in [2.75, 3.05) is 11.9 Å². The van der Waals surface area contributed by atoms with Crippen molar-refractivity contribution in [2.45, 2.75) is 37.6 Å². The zero-order valence-corrected chi connectivity index (χ0v) is 12.0. The lowest BCUT2D eigenvalue weighted by molar-refractivity contribution is 0.647. The number of halogens is 1. The first-order valence-electron chi connectivity index (χ1n) is 6.97. The van der Waals surface area contributed by atoms with Crippen LogP contribution in [0.15, 0.2) is 30.3 Å². The Kier molecular flexibility index (Phi) is 3.61. The molecular weight excluding hydrogens is 256 g/mol. The van der Waals surface area contributed by atoms with Crippen molar-refractivity contribution in [3.63, 3.8) is 0 Å². The fourth-order valence-electron chi connectivity index (χ4n) is 3.00. The molecule has 0 unspecified atom stereocenters. The molecule has 1 heterocycles. The summed E-state index contributed by atoms with van der Waals surface area (Å²) >= 11 is 6.10. The molecule has 19 heavy (non-hydrogen) atoms. The minimum Gasteiger partial charge on any atom is -0.357 e. The van der Waals surface area contributed by atoms with Crippen LogP contribution < -0.4 is 4.90 Å². The zero-order valence-electron chi connectivity index (χ0n) is 11.3. The van der Waals surface area contributed by atoms with E-state index < -0.39 is 0 Å². The van der Waals surface area contributed by atoms with Crippen molar-refractivity contribution in [1.29, 1.82) is 0 Å². The summed E-state index contributed by atoms with van der Waals surface area (Å²) in [6, 6.07) is 11.0. The predicted molar refractivity (Wildman–Crippen MR) is 82.0 cm³/mol. The van der Waals surface area contributed by atoms with Gasteiger partial charge in [-0.05, 0) is 30.5 Å². The molecule has 2 aromatic rings. The number of anilines is 1. The fourth-order valence-corrected chi connectivity index (χ4v) is 3.22. The van der Waals surface area contributed by atoms with Crippen LogP contribution in [0, 0.1) is 0 Å². The van der Waals surface area contributed by atoms with Gasteiger partial charge in [0, 0.05) is 24.4 Å². The molecule has 1 aromatic carbocycles. The highest BCUT2D eigenvalue weighted by Gasteiger charge is 2.21. The third-order valence-electron chi connectivity index (χ3n) is 4.17. The van der Waals surface area contributed by atoms with Gasteiger partial charge in [0.15, 0.2) is 0 Å². The van der Waals surface area contributed by atoms with Gasteiger partial charge < -0.3 is 4.90 Å². The first kappa shape index (κ1) is 12.7. The molecule has 1 aliphatic carbocycles. The van der Waals surface area contributed by atoms with E-state index in [1.807, 2.05) is 12.1 Å². The normalized spacial score (nSPS) is 16.1. The van der Waals surface area contributed by atoms with Crippen LogP contribution in [0.5, 0.6) is 0 Å². The van der Waals surface area contributed by atoms with Crippen molar-refractivity contribution in [2.24, 2.45) is 0 Å². The summed E-state index contributed by atoms with van der Waals surface area (Å²) in [7, 11) is 2.16. The van der Waals surface area contributed by atoms with Crippen LogP contribution in [-0.4, -0.2) is 18.1 Å². The predicted octanol–water partition coefficient (Wildman–Crippen LogP) is 4.35. The van der Waals surface area contributed by atoms with E-state index in [1.165, 1.54) is 36.6 Å². The van der Waals surface area contributed by atoms with Crippen molar-refractivity contribution >= 4 is 28.3 Å². The summed E-state index contributed by atoms with van der Waals surface area (Å²) in [5, 5.41) is 1.17. The van der Waals surface area contributed by atoms with Crippen molar-refractivity contribution in [1.82, 2.24) is 4.98 Å². The molecule has 0 radical (unpaired) electrons. The van der Waals surface area contributed by atoms with Gasteiger partial charge in [-0.25, -0.2) is 4.98 Å². The Morgan fingerprint density at radius 3 is 2.74 bits per heavy atom. The van der Waals surface area contributed by atoms with Crippen LogP contribution in [0.2, 0.25) is 0 Å². The maximum Gasteiger partial charge on any atom is 0.129 e. The molecule has 1 fully saturated rings. The zero-order chi connectivity index (χ0) is 13.2. The van der Waals surface area contributed by atoms with E-state index in [2.05, 4.69) is 30.1 Å². The van der Waals surface area contributed by atoms with Crippen molar-refractivity contribution in [3.05, 3.63) is 35.9 Å². The summed E-state index contributed by atoms with van der Waals surface area (Å²) in [6.07, 6.45) is 5.23. The van der Waals surface area contributed by atoms with E-state index in [0.29, 0.717) is 11.9 Å². The second kappa shape index (κ2) is 5.38. The average Bonchev–Trinajstić information content (AvgIpc) is 2.99. The quantitative estimate of drug-likeness (QED) is 0.774. The Hall–Kier alpha value is -1.28.